The van der Waals surface area contributed by atoms with E-state index in [0.717, 1.165) is 44.6 Å². The number of nitrogens with zero attached hydrogens (tertiary/aromatic N) is 2. The fourth-order valence-electron chi connectivity index (χ4n) is 3.88. The van der Waals surface area contributed by atoms with Gasteiger partial charge in [-0.25, -0.2) is 4.98 Å². The lowest BCUT2D eigenvalue weighted by Crippen LogP contribution is -2.43. The van der Waals surface area contributed by atoms with E-state index in [9.17, 15) is 9.90 Å². The Bertz CT molecular complexity index is 524. The first-order valence-electron chi connectivity index (χ1n) is 9.40. The van der Waals surface area contributed by atoms with Crippen molar-refractivity contribution >= 4 is 11.7 Å². The number of pyridine rings is 1. The van der Waals surface area contributed by atoms with Gasteiger partial charge in [-0.3, -0.25) is 4.79 Å². The molecule has 2 fully saturated rings. The molecule has 0 aromatic carbocycles. The fourth-order valence-corrected chi connectivity index (χ4v) is 3.88. The number of hydrogen-bond acceptors (Lipinski definition) is 4. The molecule has 2 unspecified atom stereocenters. The van der Waals surface area contributed by atoms with E-state index >= 15 is 0 Å². The monoisotopic (exact) mass is 331 g/mol. The first-order valence-corrected chi connectivity index (χ1v) is 9.40. The topological polar surface area (TPSA) is 65.5 Å². The Morgan fingerprint density at radius 1 is 1.12 bits per heavy atom. The highest BCUT2D eigenvalue weighted by atomic mass is 16.3. The second kappa shape index (κ2) is 8.47. The summed E-state index contributed by atoms with van der Waals surface area (Å²) in [5, 5.41) is 12.6. The smallest absolute Gasteiger partial charge is 0.253 e. The Morgan fingerprint density at radius 2 is 1.88 bits per heavy atom. The van der Waals surface area contributed by atoms with E-state index in [-0.39, 0.29) is 24.5 Å². The van der Waals surface area contributed by atoms with Gasteiger partial charge >= 0.3 is 0 Å². The minimum absolute atomic E-state index is 0.0738. The van der Waals surface area contributed by atoms with E-state index in [4.69, 9.17) is 0 Å². The van der Waals surface area contributed by atoms with Crippen LogP contribution in [0.15, 0.2) is 18.3 Å². The van der Waals surface area contributed by atoms with Gasteiger partial charge in [0, 0.05) is 37.9 Å². The molecule has 2 N–H and O–H groups in total. The summed E-state index contributed by atoms with van der Waals surface area (Å²) in [6.07, 6.45) is 10.9. The van der Waals surface area contributed by atoms with Gasteiger partial charge in [-0.15, -0.1) is 0 Å². The first kappa shape index (κ1) is 17.2. The standard InChI is InChI=1S/C19H29N3O2/c23-14-16-7-3-4-8-17(16)21-19(24)15-9-10-18(20-13-15)22-11-5-1-2-6-12-22/h9-10,13,16-17,23H,1-8,11-12,14H2,(H,21,24). The zero-order chi connectivity index (χ0) is 16.8. The number of aromatic nitrogens is 1. The maximum atomic E-state index is 12.5. The van der Waals surface area contributed by atoms with Gasteiger partial charge in [0.25, 0.3) is 5.91 Å². The molecular weight excluding hydrogens is 302 g/mol. The van der Waals surface area contributed by atoms with Crippen molar-refractivity contribution in [3.05, 3.63) is 23.9 Å². The normalized spacial score (nSPS) is 25.1. The van der Waals surface area contributed by atoms with E-state index in [1.54, 1.807) is 6.20 Å². The third-order valence-corrected chi connectivity index (χ3v) is 5.40. The average Bonchev–Trinajstić information content (AvgIpc) is 2.92. The van der Waals surface area contributed by atoms with Crippen LogP contribution < -0.4 is 10.2 Å². The minimum Gasteiger partial charge on any atom is -0.396 e. The number of aliphatic hydroxyl groups is 1. The molecule has 0 bridgehead atoms. The van der Waals surface area contributed by atoms with Crippen LogP contribution in [0.2, 0.25) is 0 Å². The molecule has 1 saturated heterocycles. The highest BCUT2D eigenvalue weighted by molar-refractivity contribution is 5.94. The quantitative estimate of drug-likeness (QED) is 0.890. The van der Waals surface area contributed by atoms with Crippen LogP contribution in [-0.4, -0.2) is 41.7 Å². The number of rotatable bonds is 4. The first-order chi connectivity index (χ1) is 11.8. The Labute approximate surface area is 144 Å². The predicted octanol–water partition coefficient (Wildman–Crippen LogP) is 2.74. The number of amides is 1. The molecule has 0 spiro atoms. The average molecular weight is 331 g/mol. The summed E-state index contributed by atoms with van der Waals surface area (Å²) in [7, 11) is 0. The van der Waals surface area contributed by atoms with Gasteiger partial charge in [-0.05, 0) is 37.8 Å². The van der Waals surface area contributed by atoms with E-state index in [2.05, 4.69) is 15.2 Å². The van der Waals surface area contributed by atoms with Crippen molar-refractivity contribution in [2.45, 2.75) is 57.4 Å². The number of nitrogens with one attached hydrogen (secondary N) is 1. The van der Waals surface area contributed by atoms with Crippen molar-refractivity contribution in [2.24, 2.45) is 5.92 Å². The summed E-state index contributed by atoms with van der Waals surface area (Å²) in [4.78, 5) is 19.3. The van der Waals surface area contributed by atoms with Gasteiger partial charge in [0.2, 0.25) is 0 Å². The molecule has 1 saturated carbocycles. The van der Waals surface area contributed by atoms with Crippen molar-refractivity contribution < 1.29 is 9.90 Å². The molecule has 1 aliphatic heterocycles. The lowest BCUT2D eigenvalue weighted by molar-refractivity contribution is 0.0872. The van der Waals surface area contributed by atoms with Crippen LogP contribution in [0.3, 0.4) is 0 Å². The fraction of sp³-hybridized carbons (Fsp3) is 0.684. The van der Waals surface area contributed by atoms with Crippen molar-refractivity contribution in [3.8, 4) is 0 Å². The van der Waals surface area contributed by atoms with Gasteiger partial charge in [-0.1, -0.05) is 25.7 Å². The highest BCUT2D eigenvalue weighted by Gasteiger charge is 2.26. The maximum absolute atomic E-state index is 12.5. The Morgan fingerprint density at radius 3 is 2.54 bits per heavy atom. The predicted molar refractivity (Wildman–Crippen MR) is 95.2 cm³/mol. The summed E-state index contributed by atoms with van der Waals surface area (Å²) in [6, 6.07) is 3.92. The van der Waals surface area contributed by atoms with Crippen molar-refractivity contribution in [3.63, 3.8) is 0 Å². The zero-order valence-corrected chi connectivity index (χ0v) is 14.4. The molecule has 1 aliphatic carbocycles. The molecule has 24 heavy (non-hydrogen) atoms. The minimum atomic E-state index is -0.0738. The third-order valence-electron chi connectivity index (χ3n) is 5.40. The van der Waals surface area contributed by atoms with Crippen LogP contribution >= 0.6 is 0 Å². The number of carbonyl (C=O) groups is 1. The SMILES string of the molecule is O=C(NC1CCCCC1CO)c1ccc(N2CCCCCC2)nc1. The van der Waals surface area contributed by atoms with Crippen LogP contribution in [0, 0.1) is 5.92 Å². The van der Waals surface area contributed by atoms with Crippen LogP contribution in [0.5, 0.6) is 0 Å². The number of carbonyl (C=O) groups excluding carboxylic acids is 1. The summed E-state index contributed by atoms with van der Waals surface area (Å²) >= 11 is 0. The lowest BCUT2D eigenvalue weighted by atomic mass is 9.85. The van der Waals surface area contributed by atoms with Crippen molar-refractivity contribution in [1.82, 2.24) is 10.3 Å². The van der Waals surface area contributed by atoms with Gasteiger partial charge in [0.1, 0.15) is 5.82 Å². The molecule has 5 nitrogen and oxygen atoms in total. The third kappa shape index (κ3) is 4.26. The molecular formula is C19H29N3O2. The van der Waals surface area contributed by atoms with Gasteiger partial charge in [-0.2, -0.15) is 0 Å². The zero-order valence-electron chi connectivity index (χ0n) is 14.4. The summed E-state index contributed by atoms with van der Waals surface area (Å²) in [5.41, 5.74) is 0.607. The highest BCUT2D eigenvalue weighted by Crippen LogP contribution is 2.24. The molecule has 1 aromatic rings. The molecule has 1 amide bonds. The molecule has 2 aliphatic rings. The second-order valence-electron chi connectivity index (χ2n) is 7.11. The van der Waals surface area contributed by atoms with E-state index in [0.29, 0.717) is 5.56 Å². The van der Waals surface area contributed by atoms with Crippen molar-refractivity contribution in [1.29, 1.82) is 0 Å². The van der Waals surface area contributed by atoms with Crippen LogP contribution in [0.25, 0.3) is 0 Å². The summed E-state index contributed by atoms with van der Waals surface area (Å²) < 4.78 is 0. The van der Waals surface area contributed by atoms with Crippen LogP contribution in [0.4, 0.5) is 5.82 Å². The lowest BCUT2D eigenvalue weighted by Gasteiger charge is -2.30. The van der Waals surface area contributed by atoms with Gasteiger partial charge in [0.15, 0.2) is 0 Å². The molecule has 2 heterocycles. The van der Waals surface area contributed by atoms with Gasteiger partial charge < -0.3 is 15.3 Å². The van der Waals surface area contributed by atoms with Crippen LogP contribution in [0.1, 0.15) is 61.7 Å². The number of hydrogen-bond donors (Lipinski definition) is 2. The van der Waals surface area contributed by atoms with E-state index < -0.39 is 0 Å². The van der Waals surface area contributed by atoms with Gasteiger partial charge in [0.05, 0.1) is 5.56 Å². The molecule has 3 rings (SSSR count). The summed E-state index contributed by atoms with van der Waals surface area (Å²) in [6.45, 7) is 2.26. The van der Waals surface area contributed by atoms with Crippen LogP contribution in [-0.2, 0) is 0 Å². The number of aliphatic hydroxyl groups excluding tert-OH is 1. The van der Waals surface area contributed by atoms with E-state index in [1.165, 1.54) is 25.7 Å². The second-order valence-corrected chi connectivity index (χ2v) is 7.11. The largest absolute Gasteiger partial charge is 0.396 e. The molecule has 2 atom stereocenters. The molecule has 0 radical (unpaired) electrons. The summed E-state index contributed by atoms with van der Waals surface area (Å²) in [5.74, 6) is 1.08. The Kier molecular flexibility index (Phi) is 6.07. The molecule has 1 aromatic heterocycles. The number of anilines is 1. The molecule has 132 valence electrons. The van der Waals surface area contributed by atoms with E-state index in [1.807, 2.05) is 12.1 Å². The molecule has 5 heteroatoms. The Hall–Kier alpha value is -1.62. The van der Waals surface area contributed by atoms with Crippen molar-refractivity contribution in [2.75, 3.05) is 24.6 Å². The Balaban J connectivity index is 1.60. The maximum Gasteiger partial charge on any atom is 0.253 e.